The molecule has 0 unspecified atom stereocenters. The molecule has 0 radical (unpaired) electrons. The summed E-state index contributed by atoms with van der Waals surface area (Å²) in [6.07, 6.45) is 2.07. The number of benzene rings is 1. The van der Waals surface area contributed by atoms with E-state index in [9.17, 15) is 4.79 Å². The minimum Gasteiger partial charge on any atom is -0.493 e. The minimum absolute atomic E-state index is 0.00701. The third-order valence-electron chi connectivity index (χ3n) is 3.92. The SMILES string of the molecule is CCC(N)(CC)CNC(=O)Cc1ccc(OCC(C)C)cc1. The van der Waals surface area contributed by atoms with Gasteiger partial charge in [0.05, 0.1) is 13.0 Å². The lowest BCUT2D eigenvalue weighted by Gasteiger charge is -2.26. The standard InChI is InChI=1S/C18H30N2O2/c1-5-18(19,6-2)13-20-17(21)11-15-7-9-16(10-8-15)22-12-14(3)4/h7-10,14H,5-6,11-13,19H2,1-4H3,(H,20,21). The maximum Gasteiger partial charge on any atom is 0.224 e. The van der Waals surface area contributed by atoms with Crippen LogP contribution < -0.4 is 15.8 Å². The first-order valence-electron chi connectivity index (χ1n) is 8.16. The zero-order chi connectivity index (χ0) is 16.6. The van der Waals surface area contributed by atoms with Crippen molar-refractivity contribution in [1.82, 2.24) is 5.32 Å². The van der Waals surface area contributed by atoms with E-state index in [0.717, 1.165) is 24.2 Å². The van der Waals surface area contributed by atoms with Gasteiger partial charge in [0.25, 0.3) is 0 Å². The van der Waals surface area contributed by atoms with Gasteiger partial charge in [-0.3, -0.25) is 4.79 Å². The number of hydrogen-bond acceptors (Lipinski definition) is 3. The topological polar surface area (TPSA) is 64.3 Å². The summed E-state index contributed by atoms with van der Waals surface area (Å²) in [5, 5.41) is 2.93. The van der Waals surface area contributed by atoms with Crippen molar-refractivity contribution < 1.29 is 9.53 Å². The van der Waals surface area contributed by atoms with Crippen molar-refractivity contribution in [3.05, 3.63) is 29.8 Å². The van der Waals surface area contributed by atoms with Crippen LogP contribution in [0.25, 0.3) is 0 Å². The van der Waals surface area contributed by atoms with Gasteiger partial charge in [-0.2, -0.15) is 0 Å². The summed E-state index contributed by atoms with van der Waals surface area (Å²) < 4.78 is 5.63. The van der Waals surface area contributed by atoms with Crippen molar-refractivity contribution in [1.29, 1.82) is 0 Å². The highest BCUT2D eigenvalue weighted by molar-refractivity contribution is 5.78. The van der Waals surface area contributed by atoms with Crippen molar-refractivity contribution in [3.63, 3.8) is 0 Å². The number of nitrogens with two attached hydrogens (primary N) is 1. The molecule has 0 bridgehead atoms. The van der Waals surface area contributed by atoms with E-state index in [1.807, 2.05) is 38.1 Å². The molecular weight excluding hydrogens is 276 g/mol. The summed E-state index contributed by atoms with van der Waals surface area (Å²) in [7, 11) is 0. The predicted octanol–water partition coefficient (Wildman–Crippen LogP) is 2.90. The van der Waals surface area contributed by atoms with Gasteiger partial charge in [-0.1, -0.05) is 39.8 Å². The molecule has 22 heavy (non-hydrogen) atoms. The summed E-state index contributed by atoms with van der Waals surface area (Å²) in [4.78, 5) is 12.0. The first kappa shape index (κ1) is 18.5. The lowest BCUT2D eigenvalue weighted by molar-refractivity contribution is -0.120. The molecule has 0 saturated heterocycles. The van der Waals surface area contributed by atoms with Gasteiger partial charge in [0, 0.05) is 12.1 Å². The van der Waals surface area contributed by atoms with Crippen LogP contribution in [0.1, 0.15) is 46.1 Å². The fraction of sp³-hybridized carbons (Fsp3) is 0.611. The van der Waals surface area contributed by atoms with Crippen LogP contribution in [0, 0.1) is 5.92 Å². The second kappa shape index (κ2) is 8.79. The Morgan fingerprint density at radius 2 is 1.82 bits per heavy atom. The van der Waals surface area contributed by atoms with Crippen LogP contribution in [0.5, 0.6) is 5.75 Å². The zero-order valence-corrected chi connectivity index (χ0v) is 14.3. The van der Waals surface area contributed by atoms with Gasteiger partial charge < -0.3 is 15.8 Å². The Balaban J connectivity index is 2.44. The highest BCUT2D eigenvalue weighted by atomic mass is 16.5. The van der Waals surface area contributed by atoms with Crippen LogP contribution in [-0.4, -0.2) is 24.6 Å². The molecule has 0 aliphatic carbocycles. The Labute approximate surface area is 134 Å². The largest absolute Gasteiger partial charge is 0.493 e. The molecule has 1 rings (SSSR count). The van der Waals surface area contributed by atoms with Gasteiger partial charge in [-0.05, 0) is 36.5 Å². The molecule has 0 aromatic heterocycles. The quantitative estimate of drug-likeness (QED) is 0.737. The van der Waals surface area contributed by atoms with E-state index in [4.69, 9.17) is 10.5 Å². The van der Waals surface area contributed by atoms with Gasteiger partial charge in [0.1, 0.15) is 5.75 Å². The third-order valence-corrected chi connectivity index (χ3v) is 3.92. The van der Waals surface area contributed by atoms with E-state index in [2.05, 4.69) is 19.2 Å². The molecule has 4 nitrogen and oxygen atoms in total. The van der Waals surface area contributed by atoms with Crippen LogP contribution in [0.15, 0.2) is 24.3 Å². The molecule has 1 amide bonds. The summed E-state index contributed by atoms with van der Waals surface area (Å²) >= 11 is 0. The van der Waals surface area contributed by atoms with E-state index in [-0.39, 0.29) is 11.4 Å². The molecule has 3 N–H and O–H groups in total. The van der Waals surface area contributed by atoms with Crippen LogP contribution in [0.4, 0.5) is 0 Å². The molecule has 0 atom stereocenters. The smallest absolute Gasteiger partial charge is 0.224 e. The molecule has 4 heteroatoms. The zero-order valence-electron chi connectivity index (χ0n) is 14.3. The molecular formula is C18H30N2O2. The van der Waals surface area contributed by atoms with E-state index in [1.54, 1.807) is 0 Å². The van der Waals surface area contributed by atoms with Gasteiger partial charge in [0.2, 0.25) is 5.91 Å². The molecule has 1 aromatic rings. The Morgan fingerprint density at radius 1 is 1.23 bits per heavy atom. The second-order valence-electron chi connectivity index (χ2n) is 6.37. The van der Waals surface area contributed by atoms with Crippen LogP contribution in [0.3, 0.4) is 0 Å². The number of amides is 1. The van der Waals surface area contributed by atoms with Crippen molar-refractivity contribution in [2.24, 2.45) is 11.7 Å². The van der Waals surface area contributed by atoms with E-state index in [1.165, 1.54) is 0 Å². The molecule has 0 heterocycles. The highest BCUT2D eigenvalue weighted by Gasteiger charge is 2.20. The van der Waals surface area contributed by atoms with Gasteiger partial charge in [-0.25, -0.2) is 0 Å². The maximum atomic E-state index is 12.0. The molecule has 0 aliphatic heterocycles. The molecule has 0 saturated carbocycles. The van der Waals surface area contributed by atoms with Crippen LogP contribution in [-0.2, 0) is 11.2 Å². The number of carbonyl (C=O) groups is 1. The first-order valence-corrected chi connectivity index (χ1v) is 8.16. The Morgan fingerprint density at radius 3 is 2.32 bits per heavy atom. The van der Waals surface area contributed by atoms with E-state index in [0.29, 0.717) is 25.5 Å². The molecule has 1 aromatic carbocycles. The fourth-order valence-electron chi connectivity index (χ4n) is 1.99. The molecule has 0 aliphatic rings. The third kappa shape index (κ3) is 6.48. The lowest BCUT2D eigenvalue weighted by Crippen LogP contribution is -2.49. The van der Waals surface area contributed by atoms with Gasteiger partial charge in [0.15, 0.2) is 0 Å². The van der Waals surface area contributed by atoms with Crippen LogP contribution in [0.2, 0.25) is 0 Å². The van der Waals surface area contributed by atoms with Crippen molar-refractivity contribution in [3.8, 4) is 5.75 Å². The summed E-state index contributed by atoms with van der Waals surface area (Å²) in [5.74, 6) is 1.35. The number of carbonyl (C=O) groups excluding carboxylic acids is 1. The summed E-state index contributed by atoms with van der Waals surface area (Å²) in [6, 6.07) is 7.70. The monoisotopic (exact) mass is 306 g/mol. The Bertz CT molecular complexity index is 451. The first-order chi connectivity index (χ1) is 10.4. The number of rotatable bonds is 9. The predicted molar refractivity (Wildman–Crippen MR) is 91.0 cm³/mol. The minimum atomic E-state index is -0.301. The highest BCUT2D eigenvalue weighted by Crippen LogP contribution is 2.14. The second-order valence-corrected chi connectivity index (χ2v) is 6.37. The molecule has 0 fully saturated rings. The normalized spacial score (nSPS) is 11.5. The molecule has 0 spiro atoms. The number of nitrogens with one attached hydrogen (secondary N) is 1. The number of hydrogen-bond donors (Lipinski definition) is 2. The average Bonchev–Trinajstić information content (AvgIpc) is 2.52. The van der Waals surface area contributed by atoms with Crippen molar-refractivity contribution in [2.45, 2.75) is 52.5 Å². The maximum absolute atomic E-state index is 12.0. The molecule has 124 valence electrons. The van der Waals surface area contributed by atoms with Crippen molar-refractivity contribution in [2.75, 3.05) is 13.2 Å². The van der Waals surface area contributed by atoms with Crippen LogP contribution >= 0.6 is 0 Å². The van der Waals surface area contributed by atoms with E-state index < -0.39 is 0 Å². The number of ether oxygens (including phenoxy) is 1. The summed E-state index contributed by atoms with van der Waals surface area (Å²) in [5.41, 5.74) is 6.86. The van der Waals surface area contributed by atoms with Gasteiger partial charge in [-0.15, -0.1) is 0 Å². The van der Waals surface area contributed by atoms with Gasteiger partial charge >= 0.3 is 0 Å². The lowest BCUT2D eigenvalue weighted by atomic mass is 9.94. The average molecular weight is 306 g/mol. The van der Waals surface area contributed by atoms with Crippen molar-refractivity contribution >= 4 is 5.91 Å². The Hall–Kier alpha value is -1.55. The summed E-state index contributed by atoms with van der Waals surface area (Å²) in [6.45, 7) is 9.55. The Kier molecular flexibility index (Phi) is 7.39. The fourth-order valence-corrected chi connectivity index (χ4v) is 1.99. The van der Waals surface area contributed by atoms with E-state index >= 15 is 0 Å².